The third kappa shape index (κ3) is 5.40. The largest absolute Gasteiger partial charge is 0.353 e. The molecule has 3 rings (SSSR count). The van der Waals surface area contributed by atoms with E-state index in [-0.39, 0.29) is 24.0 Å². The van der Waals surface area contributed by atoms with Crippen LogP contribution in [0.1, 0.15) is 30.1 Å². The molecule has 1 heterocycles. The van der Waals surface area contributed by atoms with Crippen molar-refractivity contribution in [1.29, 1.82) is 0 Å². The molecule has 0 unspecified atom stereocenters. The summed E-state index contributed by atoms with van der Waals surface area (Å²) in [5.74, 6) is 2.68. The molecule has 0 atom stereocenters. The summed E-state index contributed by atoms with van der Waals surface area (Å²) in [7, 11) is 4.04. The van der Waals surface area contributed by atoms with Gasteiger partial charge in [0.25, 0.3) is 0 Å². The SMILES string of the molecule is Cc1nnc(CN=C(NC2CC2)N(C)Cc2ccccc2Br)n1C.I. The number of nitrogens with zero attached hydrogens (tertiary/aromatic N) is 5. The monoisotopic (exact) mass is 518 g/mol. The molecule has 25 heavy (non-hydrogen) atoms. The second-order valence-electron chi connectivity index (χ2n) is 6.23. The second-order valence-corrected chi connectivity index (χ2v) is 7.08. The summed E-state index contributed by atoms with van der Waals surface area (Å²) in [5, 5.41) is 11.8. The van der Waals surface area contributed by atoms with Gasteiger partial charge in [-0.1, -0.05) is 34.1 Å². The normalized spacial score (nSPS) is 14.2. The van der Waals surface area contributed by atoms with Gasteiger partial charge in [-0.25, -0.2) is 4.99 Å². The van der Waals surface area contributed by atoms with Gasteiger partial charge < -0.3 is 14.8 Å². The van der Waals surface area contributed by atoms with Crippen LogP contribution < -0.4 is 5.32 Å². The van der Waals surface area contributed by atoms with Crippen LogP contribution in [0.3, 0.4) is 0 Å². The molecule has 8 heteroatoms. The van der Waals surface area contributed by atoms with Crippen molar-refractivity contribution in [2.24, 2.45) is 12.0 Å². The molecule has 136 valence electrons. The van der Waals surface area contributed by atoms with E-state index in [1.165, 1.54) is 18.4 Å². The minimum absolute atomic E-state index is 0. The lowest BCUT2D eigenvalue weighted by atomic mass is 10.2. The van der Waals surface area contributed by atoms with Crippen LogP contribution in [-0.2, 0) is 20.1 Å². The van der Waals surface area contributed by atoms with E-state index >= 15 is 0 Å². The number of hydrogen-bond donors (Lipinski definition) is 1. The summed E-state index contributed by atoms with van der Waals surface area (Å²) in [6, 6.07) is 8.83. The van der Waals surface area contributed by atoms with Crippen LogP contribution in [0.25, 0.3) is 0 Å². The highest BCUT2D eigenvalue weighted by molar-refractivity contribution is 14.0. The first-order valence-electron chi connectivity index (χ1n) is 8.15. The lowest BCUT2D eigenvalue weighted by molar-refractivity contribution is 0.472. The van der Waals surface area contributed by atoms with Crippen LogP contribution in [0.15, 0.2) is 33.7 Å². The Balaban J connectivity index is 0.00000225. The van der Waals surface area contributed by atoms with E-state index in [4.69, 9.17) is 4.99 Å². The number of aromatic nitrogens is 3. The molecular formula is C17H24BrIN6. The first-order valence-corrected chi connectivity index (χ1v) is 8.94. The van der Waals surface area contributed by atoms with E-state index in [0.29, 0.717) is 12.6 Å². The fourth-order valence-electron chi connectivity index (χ4n) is 2.38. The van der Waals surface area contributed by atoms with E-state index in [2.05, 4.69) is 61.6 Å². The van der Waals surface area contributed by atoms with Crippen LogP contribution in [-0.4, -0.2) is 38.7 Å². The van der Waals surface area contributed by atoms with Crippen molar-refractivity contribution in [3.8, 4) is 0 Å². The Labute approximate surface area is 174 Å². The summed E-state index contributed by atoms with van der Waals surface area (Å²) in [6.07, 6.45) is 2.43. The quantitative estimate of drug-likeness (QED) is 0.375. The van der Waals surface area contributed by atoms with Crippen LogP contribution in [0.4, 0.5) is 0 Å². The standard InChI is InChI=1S/C17H23BrN6.HI/c1-12-21-22-16(24(12)3)10-19-17(20-14-8-9-14)23(2)11-13-6-4-5-7-15(13)18;/h4-7,14H,8-11H2,1-3H3,(H,19,20);1H. The van der Waals surface area contributed by atoms with Crippen molar-refractivity contribution in [3.63, 3.8) is 0 Å². The van der Waals surface area contributed by atoms with Crippen molar-refractivity contribution in [3.05, 3.63) is 46.0 Å². The number of aliphatic imine (C=N–C) groups is 1. The molecule has 1 saturated carbocycles. The maximum absolute atomic E-state index is 4.77. The van der Waals surface area contributed by atoms with Crippen molar-refractivity contribution < 1.29 is 0 Å². The molecular weight excluding hydrogens is 495 g/mol. The number of aryl methyl sites for hydroxylation is 1. The molecule has 1 aromatic heterocycles. The van der Waals surface area contributed by atoms with Gasteiger partial charge in [-0.3, -0.25) is 0 Å². The average molecular weight is 519 g/mol. The number of halogens is 2. The number of guanidine groups is 1. The molecule has 0 amide bonds. The first-order chi connectivity index (χ1) is 11.5. The van der Waals surface area contributed by atoms with Crippen molar-refractivity contribution in [1.82, 2.24) is 25.0 Å². The molecule has 0 spiro atoms. The molecule has 0 aliphatic heterocycles. The Morgan fingerprint density at radius 3 is 2.68 bits per heavy atom. The van der Waals surface area contributed by atoms with Gasteiger partial charge in [-0.2, -0.15) is 0 Å². The number of nitrogens with one attached hydrogen (secondary N) is 1. The van der Waals surface area contributed by atoms with Gasteiger partial charge in [0.15, 0.2) is 11.8 Å². The van der Waals surface area contributed by atoms with Gasteiger partial charge in [-0.05, 0) is 31.4 Å². The molecule has 1 aliphatic carbocycles. The van der Waals surface area contributed by atoms with Crippen LogP contribution in [0.2, 0.25) is 0 Å². The summed E-state index contributed by atoms with van der Waals surface area (Å²) in [6.45, 7) is 3.26. The second kappa shape index (κ2) is 8.98. The van der Waals surface area contributed by atoms with E-state index < -0.39 is 0 Å². The van der Waals surface area contributed by atoms with Crippen molar-refractivity contribution in [2.45, 2.75) is 38.9 Å². The van der Waals surface area contributed by atoms with Gasteiger partial charge in [0.1, 0.15) is 12.4 Å². The minimum Gasteiger partial charge on any atom is -0.353 e. The molecule has 2 aromatic rings. The highest BCUT2D eigenvalue weighted by Crippen LogP contribution is 2.20. The smallest absolute Gasteiger partial charge is 0.194 e. The highest BCUT2D eigenvalue weighted by Gasteiger charge is 2.24. The zero-order valence-electron chi connectivity index (χ0n) is 14.7. The predicted molar refractivity (Wildman–Crippen MR) is 114 cm³/mol. The summed E-state index contributed by atoms with van der Waals surface area (Å²) < 4.78 is 3.10. The predicted octanol–water partition coefficient (Wildman–Crippen LogP) is 3.24. The van der Waals surface area contributed by atoms with Gasteiger partial charge in [0.2, 0.25) is 0 Å². The topological polar surface area (TPSA) is 58.3 Å². The van der Waals surface area contributed by atoms with Crippen LogP contribution in [0.5, 0.6) is 0 Å². The fraction of sp³-hybridized carbons (Fsp3) is 0.471. The van der Waals surface area contributed by atoms with Crippen molar-refractivity contribution >= 4 is 45.9 Å². The first kappa shape index (κ1) is 20.2. The Hall–Kier alpha value is -1.16. The maximum atomic E-state index is 4.77. The molecule has 0 bridgehead atoms. The van der Waals surface area contributed by atoms with Gasteiger partial charge in [0, 0.05) is 31.2 Å². The third-order valence-corrected chi connectivity index (χ3v) is 4.96. The van der Waals surface area contributed by atoms with E-state index in [0.717, 1.165) is 28.6 Å². The molecule has 1 aromatic carbocycles. The van der Waals surface area contributed by atoms with Crippen LogP contribution in [0, 0.1) is 6.92 Å². The zero-order chi connectivity index (χ0) is 17.1. The number of benzene rings is 1. The third-order valence-electron chi connectivity index (χ3n) is 4.19. The lowest BCUT2D eigenvalue weighted by Crippen LogP contribution is -2.39. The maximum Gasteiger partial charge on any atom is 0.194 e. The summed E-state index contributed by atoms with van der Waals surface area (Å²) >= 11 is 3.62. The minimum atomic E-state index is 0. The lowest BCUT2D eigenvalue weighted by Gasteiger charge is -2.23. The van der Waals surface area contributed by atoms with Gasteiger partial charge >= 0.3 is 0 Å². The van der Waals surface area contributed by atoms with Gasteiger partial charge in [-0.15, -0.1) is 34.2 Å². The zero-order valence-corrected chi connectivity index (χ0v) is 18.7. The molecule has 1 fully saturated rings. The molecule has 6 nitrogen and oxygen atoms in total. The Bertz CT molecular complexity index is 740. The summed E-state index contributed by atoms with van der Waals surface area (Å²) in [5.41, 5.74) is 1.24. The number of rotatable bonds is 5. The van der Waals surface area contributed by atoms with Crippen molar-refractivity contribution in [2.75, 3.05) is 7.05 Å². The Morgan fingerprint density at radius 1 is 1.36 bits per heavy atom. The fourth-order valence-corrected chi connectivity index (χ4v) is 2.79. The molecule has 0 radical (unpaired) electrons. The summed E-state index contributed by atoms with van der Waals surface area (Å²) in [4.78, 5) is 6.92. The van der Waals surface area contributed by atoms with E-state index in [1.54, 1.807) is 0 Å². The Morgan fingerprint density at radius 2 is 2.08 bits per heavy atom. The average Bonchev–Trinajstić information content (AvgIpc) is 3.33. The molecule has 1 aliphatic rings. The van der Waals surface area contributed by atoms with Gasteiger partial charge in [0.05, 0.1) is 0 Å². The molecule has 1 N–H and O–H groups in total. The van der Waals surface area contributed by atoms with Crippen LogP contribution >= 0.6 is 39.9 Å². The number of hydrogen-bond acceptors (Lipinski definition) is 3. The Kier molecular flexibility index (Phi) is 7.24. The highest BCUT2D eigenvalue weighted by atomic mass is 127. The van der Waals surface area contributed by atoms with E-state index in [1.807, 2.05) is 24.6 Å². The van der Waals surface area contributed by atoms with E-state index in [9.17, 15) is 0 Å². The molecule has 0 saturated heterocycles.